The lowest BCUT2D eigenvalue weighted by Crippen LogP contribution is -2.24. The van der Waals surface area contributed by atoms with Crippen molar-refractivity contribution in [1.82, 2.24) is 25.2 Å². The summed E-state index contributed by atoms with van der Waals surface area (Å²) in [5, 5.41) is 11.7. The predicted octanol–water partition coefficient (Wildman–Crippen LogP) is 2.14. The van der Waals surface area contributed by atoms with Crippen molar-refractivity contribution >= 4 is 12.4 Å². The van der Waals surface area contributed by atoms with Gasteiger partial charge >= 0.3 is 0 Å². The topological polar surface area (TPSA) is 68.8 Å². The van der Waals surface area contributed by atoms with E-state index in [1.807, 2.05) is 25.6 Å². The van der Waals surface area contributed by atoms with Crippen molar-refractivity contribution < 1.29 is 4.52 Å². The summed E-state index contributed by atoms with van der Waals surface area (Å²) in [6.07, 6.45) is 0.750. The van der Waals surface area contributed by atoms with Gasteiger partial charge in [-0.3, -0.25) is 4.68 Å². The molecule has 2 aromatic heterocycles. The number of halogens is 1. The first-order chi connectivity index (χ1) is 9.06. The number of likely N-dealkylation sites (N-methyl/N-ethyl adjacent to an activating group) is 1. The van der Waals surface area contributed by atoms with Crippen LogP contribution in [0.25, 0.3) is 11.5 Å². The van der Waals surface area contributed by atoms with E-state index in [2.05, 4.69) is 34.4 Å². The van der Waals surface area contributed by atoms with Gasteiger partial charge in [0.2, 0.25) is 0 Å². The van der Waals surface area contributed by atoms with Gasteiger partial charge in [-0.15, -0.1) is 12.4 Å². The van der Waals surface area contributed by atoms with Gasteiger partial charge in [0.1, 0.15) is 0 Å². The highest BCUT2D eigenvalue weighted by molar-refractivity contribution is 5.85. The SMILES string of the molecule is CCn1nc(C)c(-c2nc(CC(C)NC)no2)c1C.Cl. The normalized spacial score (nSPS) is 12.2. The molecule has 0 amide bonds. The Hall–Kier alpha value is -1.40. The van der Waals surface area contributed by atoms with Crippen LogP contribution in [0.3, 0.4) is 0 Å². The monoisotopic (exact) mass is 299 g/mol. The van der Waals surface area contributed by atoms with E-state index >= 15 is 0 Å². The van der Waals surface area contributed by atoms with Crippen molar-refractivity contribution in [2.45, 2.75) is 46.7 Å². The van der Waals surface area contributed by atoms with Crippen LogP contribution in [0, 0.1) is 13.8 Å². The molecule has 2 aromatic rings. The summed E-state index contributed by atoms with van der Waals surface area (Å²) >= 11 is 0. The van der Waals surface area contributed by atoms with Gasteiger partial charge in [0.25, 0.3) is 5.89 Å². The van der Waals surface area contributed by atoms with Gasteiger partial charge in [0, 0.05) is 24.7 Å². The van der Waals surface area contributed by atoms with E-state index in [9.17, 15) is 0 Å². The lowest BCUT2D eigenvalue weighted by molar-refractivity contribution is 0.417. The molecule has 2 rings (SSSR count). The molecule has 112 valence electrons. The lowest BCUT2D eigenvalue weighted by Gasteiger charge is -2.04. The van der Waals surface area contributed by atoms with E-state index in [0.717, 1.165) is 35.7 Å². The molecular formula is C13H22ClN5O. The number of aryl methyl sites for hydroxylation is 2. The number of nitrogens with zero attached hydrogens (tertiary/aromatic N) is 4. The fourth-order valence-corrected chi connectivity index (χ4v) is 2.13. The molecule has 1 atom stereocenters. The third-order valence-corrected chi connectivity index (χ3v) is 3.34. The Morgan fingerprint density at radius 1 is 1.35 bits per heavy atom. The summed E-state index contributed by atoms with van der Waals surface area (Å²) in [7, 11) is 1.92. The average Bonchev–Trinajstić information content (AvgIpc) is 2.94. The number of rotatable bonds is 5. The van der Waals surface area contributed by atoms with Gasteiger partial charge in [-0.1, -0.05) is 5.16 Å². The lowest BCUT2D eigenvalue weighted by atomic mass is 10.2. The van der Waals surface area contributed by atoms with Crippen LogP contribution in [0.4, 0.5) is 0 Å². The number of hydrogen-bond acceptors (Lipinski definition) is 5. The summed E-state index contributed by atoms with van der Waals surface area (Å²) in [5.41, 5.74) is 2.95. The molecule has 1 unspecified atom stereocenters. The van der Waals surface area contributed by atoms with Gasteiger partial charge in [-0.05, 0) is 34.7 Å². The molecule has 0 radical (unpaired) electrons. The maximum absolute atomic E-state index is 5.37. The van der Waals surface area contributed by atoms with Crippen molar-refractivity contribution in [3.05, 3.63) is 17.2 Å². The number of nitrogens with one attached hydrogen (secondary N) is 1. The minimum atomic E-state index is 0. The molecule has 0 aliphatic heterocycles. The van der Waals surface area contributed by atoms with Crippen LogP contribution in [0.5, 0.6) is 0 Å². The third kappa shape index (κ3) is 3.19. The highest BCUT2D eigenvalue weighted by Gasteiger charge is 2.19. The minimum absolute atomic E-state index is 0. The highest BCUT2D eigenvalue weighted by Crippen LogP contribution is 2.25. The van der Waals surface area contributed by atoms with E-state index < -0.39 is 0 Å². The second-order valence-corrected chi connectivity index (χ2v) is 4.77. The summed E-state index contributed by atoms with van der Waals surface area (Å²) in [5.74, 6) is 1.29. The van der Waals surface area contributed by atoms with Crippen molar-refractivity contribution in [3.63, 3.8) is 0 Å². The van der Waals surface area contributed by atoms with Crippen molar-refractivity contribution in [2.75, 3.05) is 7.05 Å². The molecule has 0 aliphatic carbocycles. The summed E-state index contributed by atoms with van der Waals surface area (Å²) in [6, 6.07) is 0.325. The van der Waals surface area contributed by atoms with Crippen LogP contribution >= 0.6 is 12.4 Å². The molecule has 0 aromatic carbocycles. The molecule has 6 nitrogen and oxygen atoms in total. The van der Waals surface area contributed by atoms with Gasteiger partial charge in [-0.25, -0.2) is 0 Å². The maximum atomic E-state index is 5.37. The zero-order valence-corrected chi connectivity index (χ0v) is 13.4. The van der Waals surface area contributed by atoms with Gasteiger partial charge < -0.3 is 9.84 Å². The first kappa shape index (κ1) is 16.7. The van der Waals surface area contributed by atoms with Gasteiger partial charge in [0.15, 0.2) is 5.82 Å². The Morgan fingerprint density at radius 3 is 2.60 bits per heavy atom. The summed E-state index contributed by atoms with van der Waals surface area (Å²) < 4.78 is 7.32. The summed E-state index contributed by atoms with van der Waals surface area (Å²) in [4.78, 5) is 4.47. The largest absolute Gasteiger partial charge is 0.334 e. The minimum Gasteiger partial charge on any atom is -0.334 e. The second kappa shape index (κ2) is 6.85. The molecule has 7 heteroatoms. The smallest absolute Gasteiger partial charge is 0.261 e. The van der Waals surface area contributed by atoms with Crippen molar-refractivity contribution in [2.24, 2.45) is 0 Å². The van der Waals surface area contributed by atoms with Crippen molar-refractivity contribution in [3.8, 4) is 11.5 Å². The molecule has 0 spiro atoms. The van der Waals surface area contributed by atoms with E-state index in [1.165, 1.54) is 0 Å². The van der Waals surface area contributed by atoms with Crippen LogP contribution in [0.1, 0.15) is 31.1 Å². The molecule has 0 aliphatic rings. The zero-order valence-electron chi connectivity index (χ0n) is 12.6. The molecule has 0 saturated heterocycles. The Kier molecular flexibility index (Phi) is 5.71. The molecule has 1 N–H and O–H groups in total. The number of hydrogen-bond donors (Lipinski definition) is 1. The van der Waals surface area contributed by atoms with E-state index in [0.29, 0.717) is 11.9 Å². The second-order valence-electron chi connectivity index (χ2n) is 4.77. The Morgan fingerprint density at radius 2 is 2.05 bits per heavy atom. The van der Waals surface area contributed by atoms with Crippen LogP contribution in [-0.4, -0.2) is 33.0 Å². The van der Waals surface area contributed by atoms with Gasteiger partial charge in [0.05, 0.1) is 11.3 Å². The molecular weight excluding hydrogens is 278 g/mol. The van der Waals surface area contributed by atoms with E-state index in [-0.39, 0.29) is 12.4 Å². The fraction of sp³-hybridized carbons (Fsp3) is 0.615. The Labute approximate surface area is 125 Å². The third-order valence-electron chi connectivity index (χ3n) is 3.34. The van der Waals surface area contributed by atoms with Crippen LogP contribution in [0.15, 0.2) is 4.52 Å². The molecule has 0 fully saturated rings. The Balaban J connectivity index is 0.00000200. The fourth-order valence-electron chi connectivity index (χ4n) is 2.13. The quantitative estimate of drug-likeness (QED) is 0.916. The van der Waals surface area contributed by atoms with Gasteiger partial charge in [-0.2, -0.15) is 10.1 Å². The van der Waals surface area contributed by atoms with Crippen LogP contribution in [-0.2, 0) is 13.0 Å². The van der Waals surface area contributed by atoms with Crippen LogP contribution in [0.2, 0.25) is 0 Å². The predicted molar refractivity (Wildman–Crippen MR) is 80.1 cm³/mol. The van der Waals surface area contributed by atoms with Crippen molar-refractivity contribution in [1.29, 1.82) is 0 Å². The van der Waals surface area contributed by atoms with E-state index in [1.54, 1.807) is 0 Å². The molecule has 0 bridgehead atoms. The number of aromatic nitrogens is 4. The first-order valence-corrected chi connectivity index (χ1v) is 6.61. The standard InChI is InChI=1S/C13H21N5O.ClH/c1-6-18-10(4)12(9(3)16-18)13-15-11(17-19-13)7-8(2)14-5;/h8,14H,6-7H2,1-5H3;1H. The average molecular weight is 300 g/mol. The molecule has 0 saturated carbocycles. The van der Waals surface area contributed by atoms with E-state index in [4.69, 9.17) is 4.52 Å². The molecule has 2 heterocycles. The highest BCUT2D eigenvalue weighted by atomic mass is 35.5. The summed E-state index contributed by atoms with van der Waals surface area (Å²) in [6.45, 7) is 8.98. The first-order valence-electron chi connectivity index (χ1n) is 6.61. The molecule has 20 heavy (non-hydrogen) atoms. The van der Waals surface area contributed by atoms with Crippen LogP contribution < -0.4 is 5.32 Å². The Bertz CT molecular complexity index is 563. The maximum Gasteiger partial charge on any atom is 0.261 e. The zero-order chi connectivity index (χ0) is 14.0.